The molecule has 0 saturated carbocycles. The Labute approximate surface area is 166 Å². The third kappa shape index (κ3) is 4.43. The summed E-state index contributed by atoms with van der Waals surface area (Å²) < 4.78 is 8.22. The van der Waals surface area contributed by atoms with Crippen LogP contribution in [0.4, 0.5) is 11.8 Å². The van der Waals surface area contributed by atoms with Gasteiger partial charge in [-0.05, 0) is 37.7 Å². The molecule has 2 aromatic heterocycles. The maximum Gasteiger partial charge on any atom is 0.224 e. The predicted octanol–water partition coefficient (Wildman–Crippen LogP) is 3.02. The van der Waals surface area contributed by atoms with E-state index >= 15 is 0 Å². The van der Waals surface area contributed by atoms with E-state index in [2.05, 4.69) is 49.2 Å². The Morgan fingerprint density at radius 3 is 3.04 bits per heavy atom. The number of nitrogens with zero attached hydrogens (tertiary/aromatic N) is 5. The fourth-order valence-electron chi connectivity index (χ4n) is 4.16. The fraction of sp³-hybridized carbons (Fsp3) is 0.700. The molecule has 0 unspecified atom stereocenters. The number of ether oxygens (including phenoxy) is 1. The molecule has 4 rings (SSSR count). The second-order valence-electron chi connectivity index (χ2n) is 8.09. The largest absolute Gasteiger partial charge is 0.376 e. The van der Waals surface area contributed by atoms with Crippen molar-refractivity contribution in [1.29, 1.82) is 0 Å². The van der Waals surface area contributed by atoms with E-state index < -0.39 is 0 Å². The summed E-state index contributed by atoms with van der Waals surface area (Å²) >= 11 is 0. The van der Waals surface area contributed by atoms with Crippen LogP contribution in [0, 0.1) is 5.92 Å². The lowest BCUT2D eigenvalue weighted by Crippen LogP contribution is -2.43. The van der Waals surface area contributed by atoms with Crippen molar-refractivity contribution in [3.05, 3.63) is 23.9 Å². The van der Waals surface area contributed by atoms with Crippen LogP contribution in [0.25, 0.3) is 0 Å². The molecule has 8 heteroatoms. The van der Waals surface area contributed by atoms with Crippen LogP contribution < -0.4 is 10.6 Å². The van der Waals surface area contributed by atoms with Gasteiger partial charge in [0.25, 0.3) is 0 Å². The van der Waals surface area contributed by atoms with Crippen LogP contribution >= 0.6 is 0 Å². The number of aryl methyl sites for hydroxylation is 1. The maximum atomic E-state index is 5.97. The molecule has 28 heavy (non-hydrogen) atoms. The van der Waals surface area contributed by atoms with Gasteiger partial charge < -0.3 is 19.9 Å². The molecule has 2 aliphatic heterocycles. The molecule has 2 N–H and O–H groups in total. The Balaban J connectivity index is 1.40. The van der Waals surface area contributed by atoms with E-state index in [0.29, 0.717) is 18.4 Å². The highest BCUT2D eigenvalue weighted by atomic mass is 16.5. The Hall–Kier alpha value is -2.22. The molecule has 0 aliphatic carbocycles. The van der Waals surface area contributed by atoms with E-state index in [0.717, 1.165) is 49.9 Å². The van der Waals surface area contributed by atoms with E-state index in [-0.39, 0.29) is 12.1 Å². The van der Waals surface area contributed by atoms with Crippen LogP contribution in [0.3, 0.4) is 0 Å². The van der Waals surface area contributed by atoms with Gasteiger partial charge in [0.1, 0.15) is 11.6 Å². The molecule has 0 spiro atoms. The summed E-state index contributed by atoms with van der Waals surface area (Å²) in [5.74, 6) is 3.97. The van der Waals surface area contributed by atoms with Crippen molar-refractivity contribution < 1.29 is 4.74 Å². The summed E-state index contributed by atoms with van der Waals surface area (Å²) in [5.41, 5.74) is 0. The monoisotopic (exact) mass is 385 g/mol. The van der Waals surface area contributed by atoms with Crippen LogP contribution in [0.1, 0.15) is 57.6 Å². The quantitative estimate of drug-likeness (QED) is 0.790. The van der Waals surface area contributed by atoms with Crippen LogP contribution in [-0.2, 0) is 24.2 Å². The smallest absolute Gasteiger partial charge is 0.224 e. The second-order valence-corrected chi connectivity index (χ2v) is 8.09. The highest BCUT2D eigenvalue weighted by Crippen LogP contribution is 2.23. The first kappa shape index (κ1) is 19.1. The Kier molecular flexibility index (Phi) is 6.04. The van der Waals surface area contributed by atoms with Crippen molar-refractivity contribution in [2.75, 3.05) is 17.2 Å². The molecule has 0 amide bonds. The molecule has 1 saturated heterocycles. The highest BCUT2D eigenvalue weighted by molar-refractivity contribution is 5.40. The first-order chi connectivity index (χ1) is 13.7. The molecule has 2 atom stereocenters. The van der Waals surface area contributed by atoms with Gasteiger partial charge in [0.05, 0.1) is 18.7 Å². The molecular weight excluding hydrogens is 354 g/mol. The summed E-state index contributed by atoms with van der Waals surface area (Å²) in [7, 11) is 0. The molecule has 8 nitrogen and oxygen atoms in total. The van der Waals surface area contributed by atoms with E-state index in [1.54, 1.807) is 6.20 Å². The van der Waals surface area contributed by atoms with Crippen LogP contribution in [-0.4, -0.2) is 43.5 Å². The number of aromatic nitrogens is 5. The number of nitrogens with one attached hydrogen (secondary N) is 2. The molecule has 4 heterocycles. The normalized spacial score (nSPS) is 22.5. The van der Waals surface area contributed by atoms with Crippen molar-refractivity contribution in [1.82, 2.24) is 24.7 Å². The topological polar surface area (TPSA) is 89.8 Å². The summed E-state index contributed by atoms with van der Waals surface area (Å²) in [4.78, 5) is 9.01. The first-order valence-corrected chi connectivity index (χ1v) is 10.6. The minimum Gasteiger partial charge on any atom is -0.376 e. The average molecular weight is 386 g/mol. The maximum absolute atomic E-state index is 5.97. The van der Waals surface area contributed by atoms with Gasteiger partial charge in [-0.15, -0.1) is 10.2 Å². The van der Waals surface area contributed by atoms with Crippen LogP contribution in [0.2, 0.25) is 0 Å². The predicted molar refractivity (Wildman–Crippen MR) is 108 cm³/mol. The van der Waals surface area contributed by atoms with Crippen LogP contribution in [0.15, 0.2) is 12.3 Å². The van der Waals surface area contributed by atoms with E-state index in [1.807, 2.05) is 6.07 Å². The van der Waals surface area contributed by atoms with Gasteiger partial charge in [-0.25, -0.2) is 4.98 Å². The SMILES string of the molecule is CC(C)[C@@H]1OCCC[C@@H]1Nc1ccnc(NCc2nnc3n2CCCCC3)n1. The standard InChI is InChI=1S/C20H31N7O/c1-14(2)19-15(7-6-12-28-19)23-16-9-10-21-20(24-16)22-13-18-26-25-17-8-4-3-5-11-27(17)18/h9-10,14-15,19H,3-8,11-13H2,1-2H3,(H2,21,22,23,24)/t15-,19-/m0/s1. The molecule has 1 fully saturated rings. The summed E-state index contributed by atoms with van der Waals surface area (Å²) in [6.07, 6.45) is 8.84. The van der Waals surface area contributed by atoms with Crippen molar-refractivity contribution >= 4 is 11.8 Å². The third-order valence-corrected chi connectivity index (χ3v) is 5.60. The summed E-state index contributed by atoms with van der Waals surface area (Å²) in [6.45, 7) is 6.84. The minimum atomic E-state index is 0.214. The second kappa shape index (κ2) is 8.86. The van der Waals surface area contributed by atoms with Gasteiger partial charge in [0.2, 0.25) is 5.95 Å². The van der Waals surface area contributed by atoms with Gasteiger partial charge in [-0.2, -0.15) is 4.98 Å². The van der Waals surface area contributed by atoms with E-state index in [4.69, 9.17) is 4.74 Å². The fourth-order valence-corrected chi connectivity index (χ4v) is 4.16. The molecule has 152 valence electrons. The number of hydrogen-bond acceptors (Lipinski definition) is 7. The Morgan fingerprint density at radius 2 is 2.14 bits per heavy atom. The zero-order valence-corrected chi connectivity index (χ0v) is 16.9. The Bertz CT molecular complexity index is 776. The first-order valence-electron chi connectivity index (χ1n) is 10.6. The lowest BCUT2D eigenvalue weighted by Gasteiger charge is -2.35. The molecule has 2 aliphatic rings. The van der Waals surface area contributed by atoms with E-state index in [1.165, 1.54) is 19.3 Å². The van der Waals surface area contributed by atoms with Crippen molar-refractivity contribution in [2.45, 2.75) is 77.6 Å². The molecule has 0 aromatic carbocycles. The van der Waals surface area contributed by atoms with Gasteiger partial charge in [-0.3, -0.25) is 0 Å². The number of hydrogen-bond donors (Lipinski definition) is 2. The highest BCUT2D eigenvalue weighted by Gasteiger charge is 2.28. The summed E-state index contributed by atoms with van der Waals surface area (Å²) in [5, 5.41) is 15.6. The van der Waals surface area contributed by atoms with Gasteiger partial charge >= 0.3 is 0 Å². The van der Waals surface area contributed by atoms with Gasteiger partial charge in [0, 0.05) is 25.8 Å². The Morgan fingerprint density at radius 1 is 1.21 bits per heavy atom. The van der Waals surface area contributed by atoms with Crippen LogP contribution in [0.5, 0.6) is 0 Å². The lowest BCUT2D eigenvalue weighted by molar-refractivity contribution is -0.0203. The van der Waals surface area contributed by atoms with Crippen molar-refractivity contribution in [3.8, 4) is 0 Å². The van der Waals surface area contributed by atoms with Crippen molar-refractivity contribution in [3.63, 3.8) is 0 Å². The van der Waals surface area contributed by atoms with Crippen molar-refractivity contribution in [2.24, 2.45) is 5.92 Å². The zero-order chi connectivity index (χ0) is 19.3. The average Bonchev–Trinajstić information content (AvgIpc) is 2.93. The number of rotatable bonds is 6. The summed E-state index contributed by atoms with van der Waals surface area (Å²) in [6, 6.07) is 2.20. The molecule has 0 radical (unpaired) electrons. The molecular formula is C20H31N7O. The van der Waals surface area contributed by atoms with Gasteiger partial charge in [0.15, 0.2) is 5.82 Å². The molecule has 2 aromatic rings. The van der Waals surface area contributed by atoms with Gasteiger partial charge in [-0.1, -0.05) is 20.3 Å². The number of fused-ring (bicyclic) bond motifs is 1. The lowest BCUT2D eigenvalue weighted by atomic mass is 9.94. The molecule has 0 bridgehead atoms. The third-order valence-electron chi connectivity index (χ3n) is 5.60. The van der Waals surface area contributed by atoms with E-state index in [9.17, 15) is 0 Å². The minimum absolute atomic E-state index is 0.214. The number of anilines is 2. The zero-order valence-electron chi connectivity index (χ0n) is 16.9.